The Morgan fingerprint density at radius 2 is 1.34 bits per heavy atom. The van der Waals surface area contributed by atoms with E-state index in [9.17, 15) is 19.2 Å². The molecule has 0 unspecified atom stereocenters. The number of hydrogen-bond acceptors (Lipinski definition) is 5. The summed E-state index contributed by atoms with van der Waals surface area (Å²) in [5.74, 6) is -1.70. The first-order chi connectivity index (χ1) is 16.9. The van der Waals surface area contributed by atoms with Crippen LogP contribution in [-0.4, -0.2) is 30.3 Å². The van der Waals surface area contributed by atoms with E-state index in [-0.39, 0.29) is 18.2 Å². The van der Waals surface area contributed by atoms with Crippen molar-refractivity contribution in [3.63, 3.8) is 0 Å². The molecular weight excluding hydrogens is 446 g/mol. The second-order valence-corrected chi connectivity index (χ2v) is 7.43. The Bertz CT molecular complexity index is 1230. The number of benzene rings is 3. The highest BCUT2D eigenvalue weighted by Gasteiger charge is 2.16. The molecule has 0 aliphatic heterocycles. The fraction of sp³-hybridized carbons (Fsp3) is 0.111. The largest absolute Gasteiger partial charge is 0.462 e. The van der Waals surface area contributed by atoms with Crippen molar-refractivity contribution in [2.45, 2.75) is 13.8 Å². The second kappa shape index (κ2) is 11.9. The van der Waals surface area contributed by atoms with Crippen LogP contribution in [0.3, 0.4) is 0 Å². The molecule has 0 fully saturated rings. The van der Waals surface area contributed by atoms with E-state index in [2.05, 4.69) is 16.0 Å². The van der Waals surface area contributed by atoms with Crippen molar-refractivity contribution in [1.82, 2.24) is 5.32 Å². The van der Waals surface area contributed by atoms with Gasteiger partial charge in [0, 0.05) is 23.9 Å². The highest BCUT2D eigenvalue weighted by Crippen LogP contribution is 2.14. The normalized spacial score (nSPS) is 10.7. The van der Waals surface area contributed by atoms with E-state index in [0.29, 0.717) is 22.5 Å². The summed E-state index contributed by atoms with van der Waals surface area (Å²) in [5, 5.41) is 8.02. The smallest absolute Gasteiger partial charge is 0.338 e. The molecular formula is C27H25N3O5. The lowest BCUT2D eigenvalue weighted by atomic mass is 10.1. The highest BCUT2D eigenvalue weighted by atomic mass is 16.5. The maximum Gasteiger partial charge on any atom is 0.338 e. The van der Waals surface area contributed by atoms with Gasteiger partial charge in [-0.3, -0.25) is 14.4 Å². The van der Waals surface area contributed by atoms with Crippen molar-refractivity contribution >= 4 is 41.1 Å². The first kappa shape index (κ1) is 24.9. The molecule has 3 rings (SSSR count). The van der Waals surface area contributed by atoms with Gasteiger partial charge in [0.15, 0.2) is 0 Å². The maximum atomic E-state index is 13.0. The first-order valence-electron chi connectivity index (χ1n) is 10.9. The predicted molar refractivity (Wildman–Crippen MR) is 134 cm³/mol. The Hall–Kier alpha value is -4.72. The number of rotatable bonds is 8. The van der Waals surface area contributed by atoms with Gasteiger partial charge in [-0.2, -0.15) is 0 Å². The highest BCUT2D eigenvalue weighted by molar-refractivity contribution is 6.10. The number of esters is 1. The van der Waals surface area contributed by atoms with Crippen molar-refractivity contribution in [3.8, 4) is 0 Å². The summed E-state index contributed by atoms with van der Waals surface area (Å²) in [6.07, 6.45) is 1.56. The Morgan fingerprint density at radius 1 is 0.771 bits per heavy atom. The van der Waals surface area contributed by atoms with Gasteiger partial charge >= 0.3 is 5.97 Å². The minimum atomic E-state index is -0.541. The van der Waals surface area contributed by atoms with E-state index in [0.717, 1.165) is 5.56 Å². The minimum Gasteiger partial charge on any atom is -0.462 e. The van der Waals surface area contributed by atoms with Crippen LogP contribution in [0.2, 0.25) is 0 Å². The summed E-state index contributed by atoms with van der Waals surface area (Å²) in [6.45, 7) is 3.38. The molecule has 35 heavy (non-hydrogen) atoms. The molecule has 8 nitrogen and oxygen atoms in total. The Kier molecular flexibility index (Phi) is 8.50. The zero-order chi connectivity index (χ0) is 25.2. The zero-order valence-corrected chi connectivity index (χ0v) is 19.3. The lowest BCUT2D eigenvalue weighted by Gasteiger charge is -2.12. The molecule has 3 aromatic carbocycles. The molecule has 0 spiro atoms. The lowest BCUT2D eigenvalue weighted by molar-refractivity contribution is -0.114. The quantitative estimate of drug-likeness (QED) is 0.336. The number of amides is 3. The van der Waals surface area contributed by atoms with E-state index >= 15 is 0 Å². The van der Waals surface area contributed by atoms with Gasteiger partial charge < -0.3 is 20.7 Å². The number of anilines is 2. The van der Waals surface area contributed by atoms with Crippen LogP contribution in [0.15, 0.2) is 84.6 Å². The van der Waals surface area contributed by atoms with Crippen LogP contribution in [-0.2, 0) is 14.3 Å². The number of carbonyl (C=O) groups excluding carboxylic acids is 4. The fourth-order valence-electron chi connectivity index (χ4n) is 3.08. The minimum absolute atomic E-state index is 0.0293. The third kappa shape index (κ3) is 7.40. The van der Waals surface area contributed by atoms with Crippen molar-refractivity contribution in [2.75, 3.05) is 17.2 Å². The number of nitrogens with one attached hydrogen (secondary N) is 3. The molecule has 8 heteroatoms. The number of carbonyl (C=O) groups is 4. The Balaban J connectivity index is 1.79. The van der Waals surface area contributed by atoms with Crippen LogP contribution in [0, 0.1) is 0 Å². The third-order valence-electron chi connectivity index (χ3n) is 4.72. The SMILES string of the molecule is CCOC(=O)c1ccc(NC(=O)/C(=C/c2ccccc2)NC(=O)c2ccc(NC(C)=O)cc2)cc1. The predicted octanol–water partition coefficient (Wildman–Crippen LogP) is 4.23. The third-order valence-corrected chi connectivity index (χ3v) is 4.72. The molecule has 0 heterocycles. The molecule has 0 bridgehead atoms. The number of hydrogen-bond donors (Lipinski definition) is 3. The maximum absolute atomic E-state index is 13.0. The van der Waals surface area contributed by atoms with Crippen LogP contribution in [0.4, 0.5) is 11.4 Å². The lowest BCUT2D eigenvalue weighted by Crippen LogP contribution is -2.30. The standard InChI is InChI=1S/C27H25N3O5/c1-3-35-27(34)21-11-15-23(16-12-21)29-26(33)24(17-19-7-5-4-6-8-19)30-25(32)20-9-13-22(14-10-20)28-18(2)31/h4-17H,3H2,1-2H3,(H,28,31)(H,29,33)(H,30,32)/b24-17-. The van der Waals surface area contributed by atoms with Gasteiger partial charge in [-0.15, -0.1) is 0 Å². The molecule has 0 saturated carbocycles. The summed E-state index contributed by atoms with van der Waals surface area (Å²) >= 11 is 0. The molecule has 0 saturated heterocycles. The van der Waals surface area contributed by atoms with E-state index in [1.54, 1.807) is 73.7 Å². The Morgan fingerprint density at radius 3 is 1.91 bits per heavy atom. The van der Waals surface area contributed by atoms with E-state index < -0.39 is 17.8 Å². The molecule has 178 valence electrons. The molecule has 0 aromatic heterocycles. The summed E-state index contributed by atoms with van der Waals surface area (Å²) in [6, 6.07) is 21.6. The van der Waals surface area contributed by atoms with Crippen molar-refractivity contribution in [1.29, 1.82) is 0 Å². The average molecular weight is 472 g/mol. The molecule has 0 radical (unpaired) electrons. The van der Waals surface area contributed by atoms with Crippen LogP contribution in [0.25, 0.3) is 6.08 Å². The molecule has 3 aromatic rings. The summed E-state index contributed by atoms with van der Waals surface area (Å²) in [5.41, 5.74) is 2.41. The van der Waals surface area contributed by atoms with Crippen LogP contribution in [0.1, 0.15) is 40.1 Å². The molecule has 3 N–H and O–H groups in total. The first-order valence-corrected chi connectivity index (χ1v) is 10.9. The molecule has 3 amide bonds. The molecule has 0 aliphatic carbocycles. The van der Waals surface area contributed by atoms with Gasteiger partial charge in [-0.25, -0.2) is 4.79 Å². The van der Waals surface area contributed by atoms with Crippen molar-refractivity contribution in [2.24, 2.45) is 0 Å². The van der Waals surface area contributed by atoms with E-state index in [1.807, 2.05) is 18.2 Å². The zero-order valence-electron chi connectivity index (χ0n) is 19.3. The monoisotopic (exact) mass is 471 g/mol. The van der Waals surface area contributed by atoms with E-state index in [4.69, 9.17) is 4.74 Å². The van der Waals surface area contributed by atoms with Gasteiger partial charge in [-0.1, -0.05) is 30.3 Å². The second-order valence-electron chi connectivity index (χ2n) is 7.43. The van der Waals surface area contributed by atoms with E-state index in [1.165, 1.54) is 6.92 Å². The van der Waals surface area contributed by atoms with Gasteiger partial charge in [0.05, 0.1) is 12.2 Å². The summed E-state index contributed by atoms with van der Waals surface area (Å²) < 4.78 is 4.96. The van der Waals surface area contributed by atoms with Crippen molar-refractivity contribution in [3.05, 3.63) is 101 Å². The van der Waals surface area contributed by atoms with Crippen LogP contribution in [0.5, 0.6) is 0 Å². The Labute approximate surface area is 203 Å². The van der Waals surface area contributed by atoms with Gasteiger partial charge in [0.25, 0.3) is 11.8 Å². The summed E-state index contributed by atoms with van der Waals surface area (Å²) in [4.78, 5) is 48.9. The van der Waals surface area contributed by atoms with Crippen molar-refractivity contribution < 1.29 is 23.9 Å². The van der Waals surface area contributed by atoms with Crippen LogP contribution < -0.4 is 16.0 Å². The summed E-state index contributed by atoms with van der Waals surface area (Å²) in [7, 11) is 0. The molecule has 0 aliphatic rings. The number of ether oxygens (including phenoxy) is 1. The average Bonchev–Trinajstić information content (AvgIpc) is 2.85. The van der Waals surface area contributed by atoms with Gasteiger partial charge in [0.1, 0.15) is 5.70 Å². The topological polar surface area (TPSA) is 114 Å². The van der Waals surface area contributed by atoms with Gasteiger partial charge in [-0.05, 0) is 67.1 Å². The fourth-order valence-corrected chi connectivity index (χ4v) is 3.08. The van der Waals surface area contributed by atoms with Gasteiger partial charge in [0.2, 0.25) is 5.91 Å². The molecule has 0 atom stereocenters. The van der Waals surface area contributed by atoms with Crippen LogP contribution >= 0.6 is 0 Å².